The molecule has 1 unspecified atom stereocenters. The van der Waals surface area contributed by atoms with Crippen LogP contribution in [0.2, 0.25) is 0 Å². The Bertz CT molecular complexity index is 364. The standard InChI is InChI=1S/C22H42N2S/c1-3-4-5-6-7-10-13-16-22(25-2)17-14-11-8-9-12-15-19-24-20-18-23-21-24/h18,20-22H,3-17,19H2,1-2H3. The van der Waals surface area contributed by atoms with Gasteiger partial charge >= 0.3 is 0 Å². The van der Waals surface area contributed by atoms with Crippen LogP contribution in [0, 0.1) is 0 Å². The van der Waals surface area contributed by atoms with E-state index in [2.05, 4.69) is 40.7 Å². The summed E-state index contributed by atoms with van der Waals surface area (Å²) < 4.78 is 2.19. The number of hydrogen-bond donors (Lipinski definition) is 0. The van der Waals surface area contributed by atoms with Crippen LogP contribution in [0.15, 0.2) is 18.7 Å². The SMILES string of the molecule is CCCCCCCCCC(CCCCCCCCn1ccnc1)SC. The van der Waals surface area contributed by atoms with E-state index in [-0.39, 0.29) is 0 Å². The average Bonchev–Trinajstić information content (AvgIpc) is 3.14. The third-order valence-electron chi connectivity index (χ3n) is 5.21. The van der Waals surface area contributed by atoms with Crippen LogP contribution >= 0.6 is 11.8 Å². The molecule has 25 heavy (non-hydrogen) atoms. The van der Waals surface area contributed by atoms with Crippen LogP contribution in [0.3, 0.4) is 0 Å². The average molecular weight is 367 g/mol. The van der Waals surface area contributed by atoms with Crippen molar-refractivity contribution in [2.45, 2.75) is 115 Å². The molecule has 0 bridgehead atoms. The van der Waals surface area contributed by atoms with Crippen LogP contribution < -0.4 is 0 Å². The van der Waals surface area contributed by atoms with E-state index in [0.717, 1.165) is 11.8 Å². The zero-order valence-electron chi connectivity index (χ0n) is 16.9. The highest BCUT2D eigenvalue weighted by molar-refractivity contribution is 7.99. The molecule has 0 aliphatic carbocycles. The summed E-state index contributed by atoms with van der Waals surface area (Å²) in [6.45, 7) is 3.43. The minimum Gasteiger partial charge on any atom is -0.337 e. The molecule has 0 aliphatic heterocycles. The molecular weight excluding hydrogens is 324 g/mol. The van der Waals surface area contributed by atoms with Gasteiger partial charge in [-0.1, -0.05) is 84.0 Å². The Hall–Kier alpha value is -0.440. The summed E-state index contributed by atoms with van der Waals surface area (Å²) in [6.07, 6.45) is 29.4. The first kappa shape index (κ1) is 22.6. The number of rotatable bonds is 18. The first-order chi connectivity index (χ1) is 12.4. The van der Waals surface area contributed by atoms with Crippen LogP contribution in [0.5, 0.6) is 0 Å². The zero-order chi connectivity index (χ0) is 18.0. The molecule has 3 heteroatoms. The summed E-state index contributed by atoms with van der Waals surface area (Å²) in [5.74, 6) is 0. The second-order valence-electron chi connectivity index (χ2n) is 7.48. The molecule has 2 nitrogen and oxygen atoms in total. The molecule has 1 atom stereocenters. The van der Waals surface area contributed by atoms with E-state index in [0.29, 0.717) is 0 Å². The van der Waals surface area contributed by atoms with Gasteiger partial charge in [-0.2, -0.15) is 11.8 Å². The van der Waals surface area contributed by atoms with Crippen LogP contribution in [0.1, 0.15) is 103 Å². The van der Waals surface area contributed by atoms with Crippen molar-refractivity contribution in [3.05, 3.63) is 18.7 Å². The van der Waals surface area contributed by atoms with Gasteiger partial charge in [-0.3, -0.25) is 0 Å². The Labute approximate surface area is 161 Å². The van der Waals surface area contributed by atoms with Crippen molar-refractivity contribution in [2.75, 3.05) is 6.26 Å². The Morgan fingerprint density at radius 1 is 0.800 bits per heavy atom. The lowest BCUT2D eigenvalue weighted by Gasteiger charge is -2.14. The van der Waals surface area contributed by atoms with E-state index in [4.69, 9.17) is 0 Å². The molecule has 0 radical (unpaired) electrons. The van der Waals surface area contributed by atoms with Crippen LogP contribution in [0.25, 0.3) is 0 Å². The molecule has 0 aromatic carbocycles. The van der Waals surface area contributed by atoms with E-state index in [1.54, 1.807) is 0 Å². The van der Waals surface area contributed by atoms with Gasteiger partial charge in [-0.15, -0.1) is 0 Å². The normalized spacial score (nSPS) is 12.6. The first-order valence-electron chi connectivity index (χ1n) is 10.8. The minimum atomic E-state index is 0.914. The summed E-state index contributed by atoms with van der Waals surface area (Å²) in [7, 11) is 0. The Morgan fingerprint density at radius 2 is 1.36 bits per heavy atom. The van der Waals surface area contributed by atoms with E-state index in [9.17, 15) is 0 Å². The summed E-state index contributed by atoms with van der Waals surface area (Å²) in [4.78, 5) is 4.09. The molecule has 0 fully saturated rings. The summed E-state index contributed by atoms with van der Waals surface area (Å²) in [5.41, 5.74) is 0. The predicted molar refractivity (Wildman–Crippen MR) is 114 cm³/mol. The third kappa shape index (κ3) is 13.4. The molecule has 0 saturated heterocycles. The highest BCUT2D eigenvalue weighted by Gasteiger charge is 2.06. The smallest absolute Gasteiger partial charge is 0.0945 e. The minimum absolute atomic E-state index is 0.914. The molecule has 1 aromatic heterocycles. The van der Waals surface area contributed by atoms with Gasteiger partial charge in [0.25, 0.3) is 0 Å². The molecule has 0 N–H and O–H groups in total. The highest BCUT2D eigenvalue weighted by atomic mass is 32.2. The second-order valence-corrected chi connectivity index (χ2v) is 8.62. The topological polar surface area (TPSA) is 17.8 Å². The monoisotopic (exact) mass is 366 g/mol. The van der Waals surface area contributed by atoms with Crippen molar-refractivity contribution in [2.24, 2.45) is 0 Å². The van der Waals surface area contributed by atoms with Crippen LogP contribution in [-0.4, -0.2) is 21.1 Å². The third-order valence-corrected chi connectivity index (χ3v) is 6.35. The number of thioether (sulfide) groups is 1. The molecule has 146 valence electrons. The molecule has 0 amide bonds. The van der Waals surface area contributed by atoms with E-state index in [1.165, 1.54) is 96.3 Å². The number of aromatic nitrogens is 2. The van der Waals surface area contributed by atoms with Gasteiger partial charge in [0, 0.05) is 24.2 Å². The van der Waals surface area contributed by atoms with Gasteiger partial charge in [0.2, 0.25) is 0 Å². The number of hydrogen-bond acceptors (Lipinski definition) is 2. The van der Waals surface area contributed by atoms with Gasteiger partial charge in [0.1, 0.15) is 0 Å². The zero-order valence-corrected chi connectivity index (χ0v) is 17.7. The fourth-order valence-corrected chi connectivity index (χ4v) is 4.31. The Balaban J connectivity index is 1.84. The molecule has 0 aliphatic rings. The fraction of sp³-hybridized carbons (Fsp3) is 0.864. The molecular formula is C22H42N2S. The van der Waals surface area contributed by atoms with Crippen LogP contribution in [0.4, 0.5) is 0 Å². The van der Waals surface area contributed by atoms with Gasteiger partial charge in [-0.25, -0.2) is 4.98 Å². The van der Waals surface area contributed by atoms with Gasteiger partial charge in [-0.05, 0) is 25.5 Å². The van der Waals surface area contributed by atoms with Crippen molar-refractivity contribution >= 4 is 11.8 Å². The maximum Gasteiger partial charge on any atom is 0.0945 e. The molecule has 1 rings (SSSR count). The number of unbranched alkanes of at least 4 members (excludes halogenated alkanes) is 11. The Morgan fingerprint density at radius 3 is 1.88 bits per heavy atom. The fourth-order valence-electron chi connectivity index (χ4n) is 3.50. The van der Waals surface area contributed by atoms with Crippen LogP contribution in [-0.2, 0) is 6.54 Å². The summed E-state index contributed by atoms with van der Waals surface area (Å²) >= 11 is 2.10. The van der Waals surface area contributed by atoms with Crippen molar-refractivity contribution in [1.82, 2.24) is 9.55 Å². The van der Waals surface area contributed by atoms with E-state index >= 15 is 0 Å². The predicted octanol–water partition coefficient (Wildman–Crippen LogP) is 7.49. The summed E-state index contributed by atoms with van der Waals surface area (Å²) in [5, 5.41) is 0.914. The number of aryl methyl sites for hydroxylation is 1. The molecule has 1 heterocycles. The van der Waals surface area contributed by atoms with Gasteiger partial charge < -0.3 is 4.57 Å². The van der Waals surface area contributed by atoms with Gasteiger partial charge in [0.15, 0.2) is 0 Å². The van der Waals surface area contributed by atoms with Gasteiger partial charge in [0.05, 0.1) is 6.33 Å². The van der Waals surface area contributed by atoms with E-state index < -0.39 is 0 Å². The maximum atomic E-state index is 4.09. The lowest BCUT2D eigenvalue weighted by molar-refractivity contribution is 0.526. The largest absolute Gasteiger partial charge is 0.337 e. The quantitative estimate of drug-likeness (QED) is 0.250. The number of nitrogens with zero attached hydrogens (tertiary/aromatic N) is 2. The van der Waals surface area contributed by atoms with Crippen molar-refractivity contribution in [3.63, 3.8) is 0 Å². The molecule has 0 spiro atoms. The van der Waals surface area contributed by atoms with Crippen molar-refractivity contribution < 1.29 is 0 Å². The van der Waals surface area contributed by atoms with Crippen molar-refractivity contribution in [3.8, 4) is 0 Å². The second kappa shape index (κ2) is 17.0. The number of imidazole rings is 1. The first-order valence-corrected chi connectivity index (χ1v) is 12.1. The van der Waals surface area contributed by atoms with Crippen molar-refractivity contribution in [1.29, 1.82) is 0 Å². The summed E-state index contributed by atoms with van der Waals surface area (Å²) in [6, 6.07) is 0. The maximum absolute atomic E-state index is 4.09. The lowest BCUT2D eigenvalue weighted by Crippen LogP contribution is -2.02. The molecule has 1 aromatic rings. The highest BCUT2D eigenvalue weighted by Crippen LogP contribution is 2.22. The molecule has 0 saturated carbocycles. The lowest BCUT2D eigenvalue weighted by atomic mass is 10.0. The Kier molecular flexibility index (Phi) is 15.4. The van der Waals surface area contributed by atoms with E-state index in [1.807, 2.05) is 12.5 Å².